The Balaban J connectivity index is 4.11. The van der Waals surface area contributed by atoms with Gasteiger partial charge in [-0.05, 0) is 46.0 Å². The molecule has 0 bridgehead atoms. The van der Waals surface area contributed by atoms with Gasteiger partial charge in [0, 0.05) is 19.1 Å². The summed E-state index contributed by atoms with van der Waals surface area (Å²) in [5.74, 6) is 0.937. The molecule has 0 aromatic rings. The maximum atomic E-state index is 11.7. The first-order chi connectivity index (χ1) is 9.65. The van der Waals surface area contributed by atoms with E-state index in [0.717, 1.165) is 6.54 Å². The van der Waals surface area contributed by atoms with E-state index in [2.05, 4.69) is 38.3 Å². The predicted octanol–water partition coefficient (Wildman–Crippen LogP) is 3.95. The van der Waals surface area contributed by atoms with Gasteiger partial charge < -0.3 is 15.4 Å². The third-order valence-corrected chi connectivity index (χ3v) is 3.57. The van der Waals surface area contributed by atoms with Gasteiger partial charge >= 0.3 is 6.09 Å². The number of alkyl carbamates (subject to hydrolysis) is 1. The zero-order valence-electron chi connectivity index (χ0n) is 15.1. The van der Waals surface area contributed by atoms with Crippen molar-refractivity contribution in [3.63, 3.8) is 0 Å². The molecule has 21 heavy (non-hydrogen) atoms. The quantitative estimate of drug-likeness (QED) is 0.678. The van der Waals surface area contributed by atoms with Crippen LogP contribution in [-0.4, -0.2) is 30.8 Å². The minimum atomic E-state index is -0.440. The summed E-state index contributed by atoms with van der Waals surface area (Å²) in [5.41, 5.74) is -0.440. The normalized spacial score (nSPS) is 14.9. The van der Waals surface area contributed by atoms with Crippen LogP contribution in [0.3, 0.4) is 0 Å². The Morgan fingerprint density at radius 3 is 2.24 bits per heavy atom. The maximum absolute atomic E-state index is 11.7. The van der Waals surface area contributed by atoms with E-state index in [-0.39, 0.29) is 6.09 Å². The van der Waals surface area contributed by atoms with Gasteiger partial charge in [-0.1, -0.05) is 33.6 Å². The van der Waals surface area contributed by atoms with E-state index in [0.29, 0.717) is 24.4 Å². The molecule has 0 fully saturated rings. The van der Waals surface area contributed by atoms with Crippen molar-refractivity contribution in [1.82, 2.24) is 10.6 Å². The van der Waals surface area contributed by atoms with E-state index in [1.807, 2.05) is 20.8 Å². The van der Waals surface area contributed by atoms with Gasteiger partial charge in [0.15, 0.2) is 0 Å². The highest BCUT2D eigenvalue weighted by Gasteiger charge is 2.19. The molecule has 0 radical (unpaired) electrons. The SMILES string of the molecule is CCCCC(C)NCC(CNC(=O)OC(C)(C)C)C(C)C. The number of carbonyl (C=O) groups is 1. The highest BCUT2D eigenvalue weighted by molar-refractivity contribution is 5.67. The van der Waals surface area contributed by atoms with E-state index in [4.69, 9.17) is 4.74 Å². The molecule has 2 N–H and O–H groups in total. The molecule has 0 spiro atoms. The monoisotopic (exact) mass is 300 g/mol. The summed E-state index contributed by atoms with van der Waals surface area (Å²) in [4.78, 5) is 11.7. The highest BCUT2D eigenvalue weighted by atomic mass is 16.6. The van der Waals surface area contributed by atoms with Gasteiger partial charge in [-0.25, -0.2) is 4.79 Å². The summed E-state index contributed by atoms with van der Waals surface area (Å²) in [7, 11) is 0. The van der Waals surface area contributed by atoms with Crippen molar-refractivity contribution in [2.45, 2.75) is 79.4 Å². The second kappa shape index (κ2) is 10.0. The largest absolute Gasteiger partial charge is 0.444 e. The number of hydrogen-bond acceptors (Lipinski definition) is 3. The third-order valence-electron chi connectivity index (χ3n) is 3.57. The van der Waals surface area contributed by atoms with Crippen molar-refractivity contribution < 1.29 is 9.53 Å². The molecule has 0 aromatic heterocycles. The van der Waals surface area contributed by atoms with Crippen LogP contribution in [0, 0.1) is 11.8 Å². The van der Waals surface area contributed by atoms with Gasteiger partial charge in [-0.2, -0.15) is 0 Å². The summed E-state index contributed by atoms with van der Waals surface area (Å²) in [6.45, 7) is 16.1. The first-order valence-corrected chi connectivity index (χ1v) is 8.36. The van der Waals surface area contributed by atoms with Gasteiger partial charge in [-0.15, -0.1) is 0 Å². The Bertz CT molecular complexity index is 285. The molecule has 4 nitrogen and oxygen atoms in total. The molecule has 0 aliphatic carbocycles. The minimum Gasteiger partial charge on any atom is -0.444 e. The zero-order valence-corrected chi connectivity index (χ0v) is 15.1. The number of unbranched alkanes of at least 4 members (excludes halogenated alkanes) is 1. The molecule has 0 heterocycles. The Hall–Kier alpha value is -0.770. The minimum absolute atomic E-state index is 0.327. The number of hydrogen-bond donors (Lipinski definition) is 2. The average Bonchev–Trinajstić information content (AvgIpc) is 2.33. The third kappa shape index (κ3) is 11.6. The fourth-order valence-corrected chi connectivity index (χ4v) is 2.04. The molecule has 0 saturated carbocycles. The van der Waals surface area contributed by atoms with Crippen LogP contribution in [0.4, 0.5) is 4.79 Å². The molecular formula is C17H36N2O2. The summed E-state index contributed by atoms with van der Waals surface area (Å²) >= 11 is 0. The van der Waals surface area contributed by atoms with Crippen molar-refractivity contribution in [1.29, 1.82) is 0 Å². The zero-order chi connectivity index (χ0) is 16.5. The van der Waals surface area contributed by atoms with E-state index >= 15 is 0 Å². The van der Waals surface area contributed by atoms with Crippen LogP contribution in [0.5, 0.6) is 0 Å². The number of nitrogens with one attached hydrogen (secondary N) is 2. The predicted molar refractivity (Wildman–Crippen MR) is 89.6 cm³/mol. The van der Waals surface area contributed by atoms with Crippen LogP contribution in [0.1, 0.15) is 67.7 Å². The smallest absolute Gasteiger partial charge is 0.407 e. The molecule has 4 heteroatoms. The lowest BCUT2D eigenvalue weighted by Crippen LogP contribution is -2.41. The molecule has 0 aliphatic heterocycles. The van der Waals surface area contributed by atoms with Gasteiger partial charge in [0.2, 0.25) is 0 Å². The fraction of sp³-hybridized carbons (Fsp3) is 0.941. The standard InChI is InChI=1S/C17H36N2O2/c1-8-9-10-14(4)18-11-15(13(2)3)12-19-16(20)21-17(5,6)7/h13-15,18H,8-12H2,1-7H3,(H,19,20). The van der Waals surface area contributed by atoms with Crippen LogP contribution in [-0.2, 0) is 4.74 Å². The Morgan fingerprint density at radius 1 is 1.14 bits per heavy atom. The van der Waals surface area contributed by atoms with Gasteiger partial charge in [0.05, 0.1) is 0 Å². The average molecular weight is 300 g/mol. The van der Waals surface area contributed by atoms with Crippen LogP contribution in [0.25, 0.3) is 0 Å². The molecule has 0 saturated heterocycles. The molecule has 0 aliphatic rings. The van der Waals surface area contributed by atoms with Crippen molar-refractivity contribution >= 4 is 6.09 Å². The lowest BCUT2D eigenvalue weighted by atomic mass is 9.95. The van der Waals surface area contributed by atoms with Crippen molar-refractivity contribution in [2.24, 2.45) is 11.8 Å². The second-order valence-corrected chi connectivity index (χ2v) is 7.34. The summed E-state index contributed by atoms with van der Waals surface area (Å²) in [6, 6.07) is 0.535. The first kappa shape index (κ1) is 20.2. The number of amides is 1. The Kier molecular flexibility index (Phi) is 9.67. The maximum Gasteiger partial charge on any atom is 0.407 e. The fourth-order valence-electron chi connectivity index (χ4n) is 2.04. The van der Waals surface area contributed by atoms with Gasteiger partial charge in [0.1, 0.15) is 5.60 Å². The van der Waals surface area contributed by atoms with Crippen LogP contribution in [0.2, 0.25) is 0 Å². The first-order valence-electron chi connectivity index (χ1n) is 8.36. The van der Waals surface area contributed by atoms with Crippen molar-refractivity contribution in [3.05, 3.63) is 0 Å². The van der Waals surface area contributed by atoms with E-state index in [9.17, 15) is 4.79 Å². The molecule has 0 rings (SSSR count). The molecule has 2 unspecified atom stereocenters. The van der Waals surface area contributed by atoms with Crippen LogP contribution >= 0.6 is 0 Å². The summed E-state index contributed by atoms with van der Waals surface area (Å²) in [6.07, 6.45) is 3.38. The highest BCUT2D eigenvalue weighted by Crippen LogP contribution is 2.11. The second-order valence-electron chi connectivity index (χ2n) is 7.34. The van der Waals surface area contributed by atoms with Crippen molar-refractivity contribution in [2.75, 3.05) is 13.1 Å². The number of ether oxygens (including phenoxy) is 1. The van der Waals surface area contributed by atoms with Gasteiger partial charge in [0.25, 0.3) is 0 Å². The number of carbonyl (C=O) groups excluding carboxylic acids is 1. The van der Waals surface area contributed by atoms with Crippen LogP contribution < -0.4 is 10.6 Å². The molecule has 2 atom stereocenters. The summed E-state index contributed by atoms with van der Waals surface area (Å²) < 4.78 is 5.28. The van der Waals surface area contributed by atoms with Crippen molar-refractivity contribution in [3.8, 4) is 0 Å². The molecule has 1 amide bonds. The Labute approximate surface area is 131 Å². The molecular weight excluding hydrogens is 264 g/mol. The van der Waals surface area contributed by atoms with Crippen LogP contribution in [0.15, 0.2) is 0 Å². The van der Waals surface area contributed by atoms with E-state index in [1.54, 1.807) is 0 Å². The lowest BCUT2D eigenvalue weighted by molar-refractivity contribution is 0.0514. The number of rotatable bonds is 9. The lowest BCUT2D eigenvalue weighted by Gasteiger charge is -2.25. The Morgan fingerprint density at radius 2 is 1.76 bits per heavy atom. The summed E-state index contributed by atoms with van der Waals surface area (Å²) in [5, 5.41) is 6.47. The topological polar surface area (TPSA) is 50.4 Å². The molecule has 126 valence electrons. The van der Waals surface area contributed by atoms with E-state index < -0.39 is 5.60 Å². The van der Waals surface area contributed by atoms with Gasteiger partial charge in [-0.3, -0.25) is 0 Å². The van der Waals surface area contributed by atoms with E-state index in [1.165, 1.54) is 19.3 Å². The molecule has 0 aromatic carbocycles.